The average Bonchev–Trinajstić information content (AvgIpc) is 2.29. The van der Waals surface area contributed by atoms with Crippen molar-refractivity contribution in [2.24, 2.45) is 11.7 Å². The topological polar surface area (TPSA) is 159 Å². The summed E-state index contributed by atoms with van der Waals surface area (Å²) in [4.78, 5) is 44.0. The highest BCUT2D eigenvalue weighted by molar-refractivity contribution is 5.90. The van der Waals surface area contributed by atoms with E-state index in [0.717, 1.165) is 0 Å². The number of carbonyl (C=O) groups excluding carboxylic acids is 2. The molecular formula is C11H19N3O6. The number of nitrogens with two attached hydrogens (primary N) is 1. The molecule has 6 N–H and O–H groups in total. The Morgan fingerprint density at radius 2 is 1.65 bits per heavy atom. The molecule has 0 radical (unpaired) electrons. The Labute approximate surface area is 115 Å². The number of hydrogen-bond acceptors (Lipinski definition) is 4. The van der Waals surface area contributed by atoms with Crippen LogP contribution in [-0.2, 0) is 14.4 Å². The molecule has 9 heteroatoms. The first kappa shape index (κ1) is 17.7. The van der Waals surface area contributed by atoms with Gasteiger partial charge in [-0.15, -0.1) is 0 Å². The molecular weight excluding hydrogens is 270 g/mol. The van der Waals surface area contributed by atoms with Gasteiger partial charge in [-0.2, -0.15) is 0 Å². The second-order valence-electron chi connectivity index (χ2n) is 4.56. The fourth-order valence-corrected chi connectivity index (χ4v) is 1.47. The molecule has 0 aromatic heterocycles. The molecule has 0 aliphatic heterocycles. The van der Waals surface area contributed by atoms with E-state index >= 15 is 0 Å². The second-order valence-corrected chi connectivity index (χ2v) is 4.56. The molecule has 0 saturated heterocycles. The molecule has 9 nitrogen and oxygen atoms in total. The number of nitrogens with one attached hydrogen (secondary N) is 2. The van der Waals surface area contributed by atoms with E-state index < -0.39 is 42.4 Å². The van der Waals surface area contributed by atoms with Gasteiger partial charge in [0.1, 0.15) is 12.1 Å². The normalized spacial score (nSPS) is 13.3. The zero-order valence-corrected chi connectivity index (χ0v) is 11.3. The molecule has 0 spiro atoms. The number of primary amides is 1. The van der Waals surface area contributed by atoms with Crippen molar-refractivity contribution in [2.75, 3.05) is 0 Å². The predicted octanol–water partition coefficient (Wildman–Crippen LogP) is -0.886. The van der Waals surface area contributed by atoms with Crippen LogP contribution in [0.3, 0.4) is 0 Å². The maximum Gasteiger partial charge on any atom is 0.326 e. The van der Waals surface area contributed by atoms with E-state index in [9.17, 15) is 19.2 Å². The number of carboxylic acid groups (broad SMARTS) is 2. The summed E-state index contributed by atoms with van der Waals surface area (Å²) in [5, 5.41) is 21.8. The van der Waals surface area contributed by atoms with Gasteiger partial charge in [0, 0.05) is 6.42 Å². The van der Waals surface area contributed by atoms with E-state index in [4.69, 9.17) is 15.9 Å². The van der Waals surface area contributed by atoms with E-state index in [1.54, 1.807) is 13.8 Å². The van der Waals surface area contributed by atoms with E-state index in [-0.39, 0.29) is 12.3 Å². The summed E-state index contributed by atoms with van der Waals surface area (Å²) in [6.07, 6.45) is -0.648. The van der Waals surface area contributed by atoms with Gasteiger partial charge in [-0.3, -0.25) is 9.59 Å². The molecule has 0 aromatic rings. The molecule has 0 saturated carbocycles. The lowest BCUT2D eigenvalue weighted by atomic mass is 10.0. The molecule has 0 aliphatic carbocycles. The zero-order chi connectivity index (χ0) is 15.9. The van der Waals surface area contributed by atoms with Crippen LogP contribution >= 0.6 is 0 Å². The van der Waals surface area contributed by atoms with Crippen molar-refractivity contribution in [1.29, 1.82) is 0 Å². The van der Waals surface area contributed by atoms with E-state index in [2.05, 4.69) is 10.6 Å². The van der Waals surface area contributed by atoms with Crippen molar-refractivity contribution in [3.8, 4) is 0 Å². The SMILES string of the molecule is CC(C)C(NC(N)=O)C(=O)N[C@@H](CCC(=O)O)C(=O)O. The van der Waals surface area contributed by atoms with E-state index in [1.165, 1.54) is 0 Å². The molecule has 1 unspecified atom stereocenters. The molecule has 20 heavy (non-hydrogen) atoms. The summed E-state index contributed by atoms with van der Waals surface area (Å²) in [5.74, 6) is -3.55. The number of rotatable bonds is 8. The number of carboxylic acids is 2. The number of hydrogen-bond donors (Lipinski definition) is 5. The van der Waals surface area contributed by atoms with E-state index in [0.29, 0.717) is 0 Å². The van der Waals surface area contributed by atoms with Gasteiger partial charge in [0.15, 0.2) is 0 Å². The Morgan fingerprint density at radius 1 is 1.10 bits per heavy atom. The first-order chi connectivity index (χ1) is 9.15. The third kappa shape index (κ3) is 6.57. The van der Waals surface area contributed by atoms with Crippen molar-refractivity contribution < 1.29 is 29.4 Å². The summed E-state index contributed by atoms with van der Waals surface area (Å²) in [6.45, 7) is 3.29. The monoisotopic (exact) mass is 289 g/mol. The second kappa shape index (κ2) is 7.97. The fourth-order valence-electron chi connectivity index (χ4n) is 1.47. The molecule has 0 fully saturated rings. The van der Waals surface area contributed by atoms with Gasteiger partial charge < -0.3 is 26.6 Å². The third-order valence-corrected chi connectivity index (χ3v) is 2.51. The fraction of sp³-hybridized carbons (Fsp3) is 0.636. The first-order valence-electron chi connectivity index (χ1n) is 5.96. The number of aliphatic carboxylic acids is 2. The molecule has 0 heterocycles. The van der Waals surface area contributed by atoms with Crippen LogP contribution in [0.4, 0.5) is 4.79 Å². The van der Waals surface area contributed by atoms with Gasteiger partial charge >= 0.3 is 18.0 Å². The van der Waals surface area contributed by atoms with Crippen molar-refractivity contribution >= 4 is 23.9 Å². The molecule has 0 bridgehead atoms. The van der Waals surface area contributed by atoms with Gasteiger partial charge in [-0.25, -0.2) is 9.59 Å². The largest absolute Gasteiger partial charge is 0.481 e. The standard InChI is InChI=1S/C11H19N3O6/c1-5(2)8(14-11(12)20)9(17)13-6(10(18)19)3-4-7(15)16/h5-6,8H,3-4H2,1-2H3,(H,13,17)(H,15,16)(H,18,19)(H3,12,14,20)/t6-,8?/m0/s1. The van der Waals surface area contributed by atoms with Crippen LogP contribution in [0.25, 0.3) is 0 Å². The minimum atomic E-state index is -1.35. The van der Waals surface area contributed by atoms with Gasteiger partial charge in [0.2, 0.25) is 5.91 Å². The highest BCUT2D eigenvalue weighted by Gasteiger charge is 2.28. The highest BCUT2D eigenvalue weighted by atomic mass is 16.4. The molecule has 3 amide bonds. The lowest BCUT2D eigenvalue weighted by Gasteiger charge is -2.23. The zero-order valence-electron chi connectivity index (χ0n) is 11.3. The lowest BCUT2D eigenvalue weighted by Crippen LogP contribution is -2.54. The molecule has 114 valence electrons. The summed E-state index contributed by atoms with van der Waals surface area (Å²) in [6, 6.07) is -3.23. The van der Waals surface area contributed by atoms with Gasteiger partial charge in [-0.05, 0) is 12.3 Å². The smallest absolute Gasteiger partial charge is 0.326 e. The molecule has 2 atom stereocenters. The lowest BCUT2D eigenvalue weighted by molar-refractivity contribution is -0.143. The Bertz CT molecular complexity index is 396. The van der Waals surface area contributed by atoms with Crippen molar-refractivity contribution in [2.45, 2.75) is 38.8 Å². The summed E-state index contributed by atoms with van der Waals surface area (Å²) >= 11 is 0. The van der Waals surface area contributed by atoms with Crippen molar-refractivity contribution in [3.63, 3.8) is 0 Å². The van der Waals surface area contributed by atoms with E-state index in [1.807, 2.05) is 0 Å². The Kier molecular flexibility index (Phi) is 7.05. The van der Waals surface area contributed by atoms with Crippen LogP contribution in [0.15, 0.2) is 0 Å². The first-order valence-corrected chi connectivity index (χ1v) is 5.96. The average molecular weight is 289 g/mol. The van der Waals surface area contributed by atoms with Gasteiger partial charge in [0.05, 0.1) is 0 Å². The maximum absolute atomic E-state index is 11.9. The van der Waals surface area contributed by atoms with Gasteiger partial charge in [0.25, 0.3) is 0 Å². The molecule has 0 aromatic carbocycles. The predicted molar refractivity (Wildman–Crippen MR) is 67.8 cm³/mol. The number of amides is 3. The minimum absolute atomic E-state index is 0.252. The summed E-state index contributed by atoms with van der Waals surface area (Å²) in [7, 11) is 0. The van der Waals surface area contributed by atoms with Crippen LogP contribution < -0.4 is 16.4 Å². The quantitative estimate of drug-likeness (QED) is 0.390. The van der Waals surface area contributed by atoms with Crippen LogP contribution in [0, 0.1) is 5.92 Å². The highest BCUT2D eigenvalue weighted by Crippen LogP contribution is 2.04. The van der Waals surface area contributed by atoms with Crippen LogP contribution in [-0.4, -0.2) is 46.2 Å². The third-order valence-electron chi connectivity index (χ3n) is 2.51. The van der Waals surface area contributed by atoms with Crippen LogP contribution in [0.2, 0.25) is 0 Å². The number of urea groups is 1. The Morgan fingerprint density at radius 3 is 2.00 bits per heavy atom. The van der Waals surface area contributed by atoms with Crippen LogP contribution in [0.5, 0.6) is 0 Å². The van der Waals surface area contributed by atoms with Crippen molar-refractivity contribution in [1.82, 2.24) is 10.6 Å². The maximum atomic E-state index is 11.9. The molecule has 0 rings (SSSR count). The number of carbonyl (C=O) groups is 4. The minimum Gasteiger partial charge on any atom is -0.481 e. The summed E-state index contributed by atoms with van der Waals surface area (Å²) < 4.78 is 0. The Hall–Kier alpha value is -2.32. The van der Waals surface area contributed by atoms with Crippen molar-refractivity contribution in [3.05, 3.63) is 0 Å². The Balaban J connectivity index is 4.74. The van der Waals surface area contributed by atoms with Gasteiger partial charge in [-0.1, -0.05) is 13.8 Å². The summed E-state index contributed by atoms with van der Waals surface area (Å²) in [5.41, 5.74) is 4.93. The van der Waals surface area contributed by atoms with Crippen LogP contribution in [0.1, 0.15) is 26.7 Å². The molecule has 0 aliphatic rings.